The lowest BCUT2D eigenvalue weighted by molar-refractivity contribution is -0.115. The first-order valence-corrected chi connectivity index (χ1v) is 11.7. The summed E-state index contributed by atoms with van der Waals surface area (Å²) in [6.45, 7) is 4.54. The number of aromatic nitrogens is 1. The van der Waals surface area contributed by atoms with Gasteiger partial charge < -0.3 is 10.1 Å². The Balaban J connectivity index is 1.22. The molecule has 6 heteroatoms. The number of carbonyl (C=O) groups excluding carboxylic acids is 1. The van der Waals surface area contributed by atoms with Gasteiger partial charge in [-0.1, -0.05) is 60.7 Å². The Morgan fingerprint density at radius 1 is 1.00 bits per heavy atom. The fraction of sp³-hybridized carbons (Fsp3) is 0.231. The third-order valence-electron chi connectivity index (χ3n) is 5.67. The van der Waals surface area contributed by atoms with Crippen molar-refractivity contribution in [1.29, 1.82) is 0 Å². The minimum Gasteiger partial charge on any atom is -0.379 e. The molecule has 0 saturated carbocycles. The van der Waals surface area contributed by atoms with Crippen LogP contribution < -0.4 is 5.32 Å². The Hall–Kier alpha value is -3.06. The van der Waals surface area contributed by atoms with Crippen molar-refractivity contribution in [1.82, 2.24) is 9.88 Å². The first kappa shape index (κ1) is 20.8. The average molecular weight is 444 g/mol. The normalized spacial score (nSPS) is 14.5. The van der Waals surface area contributed by atoms with Gasteiger partial charge in [0.05, 0.1) is 25.3 Å². The standard InChI is InChI=1S/C26H25N3O2S/c30-25(28-24-7-3-5-20-4-1-2-6-23(20)24)16-22-18-32-26(27-22)21-10-8-19(9-11-21)17-29-12-14-31-15-13-29/h1-11,18H,12-17H2,(H,28,30). The number of fused-ring (bicyclic) bond motifs is 1. The molecular weight excluding hydrogens is 418 g/mol. The molecule has 2 heterocycles. The van der Waals surface area contributed by atoms with Crippen molar-refractivity contribution >= 4 is 33.7 Å². The van der Waals surface area contributed by atoms with E-state index in [-0.39, 0.29) is 12.3 Å². The van der Waals surface area contributed by atoms with Crippen LogP contribution in [0.25, 0.3) is 21.3 Å². The number of anilines is 1. The molecular formula is C26H25N3O2S. The quantitative estimate of drug-likeness (QED) is 0.457. The molecule has 0 atom stereocenters. The number of morpholine rings is 1. The lowest BCUT2D eigenvalue weighted by Crippen LogP contribution is -2.35. The van der Waals surface area contributed by atoms with Crippen LogP contribution in [-0.2, 0) is 22.5 Å². The molecule has 0 bridgehead atoms. The van der Waals surface area contributed by atoms with E-state index in [0.717, 1.165) is 65.6 Å². The van der Waals surface area contributed by atoms with Crippen molar-refractivity contribution in [3.05, 3.63) is 83.4 Å². The van der Waals surface area contributed by atoms with Gasteiger partial charge in [0.1, 0.15) is 5.01 Å². The van der Waals surface area contributed by atoms with Crippen molar-refractivity contribution in [2.24, 2.45) is 0 Å². The summed E-state index contributed by atoms with van der Waals surface area (Å²) < 4.78 is 5.42. The number of nitrogens with zero attached hydrogens (tertiary/aromatic N) is 2. The van der Waals surface area contributed by atoms with E-state index < -0.39 is 0 Å². The van der Waals surface area contributed by atoms with E-state index in [2.05, 4.69) is 34.5 Å². The van der Waals surface area contributed by atoms with Crippen LogP contribution in [0.3, 0.4) is 0 Å². The van der Waals surface area contributed by atoms with Crippen LogP contribution in [0, 0.1) is 0 Å². The van der Waals surface area contributed by atoms with E-state index in [9.17, 15) is 4.79 Å². The highest BCUT2D eigenvalue weighted by Gasteiger charge is 2.13. The molecule has 5 rings (SSSR count). The number of carbonyl (C=O) groups is 1. The summed E-state index contributed by atoms with van der Waals surface area (Å²) in [6, 6.07) is 22.6. The number of benzene rings is 3. The van der Waals surface area contributed by atoms with Crippen LogP contribution in [0.5, 0.6) is 0 Å². The van der Waals surface area contributed by atoms with Gasteiger partial charge in [0, 0.05) is 41.7 Å². The first-order valence-electron chi connectivity index (χ1n) is 10.9. The second-order valence-electron chi connectivity index (χ2n) is 7.98. The maximum absolute atomic E-state index is 12.6. The van der Waals surface area contributed by atoms with E-state index in [1.54, 1.807) is 11.3 Å². The average Bonchev–Trinajstić information content (AvgIpc) is 3.29. The number of ether oxygens (including phenoxy) is 1. The molecule has 0 aliphatic carbocycles. The van der Waals surface area contributed by atoms with Gasteiger partial charge in [-0.25, -0.2) is 4.98 Å². The first-order chi connectivity index (χ1) is 15.7. The molecule has 1 aliphatic rings. The number of amides is 1. The third-order valence-corrected chi connectivity index (χ3v) is 6.61. The lowest BCUT2D eigenvalue weighted by atomic mass is 10.1. The van der Waals surface area contributed by atoms with Crippen molar-refractivity contribution in [3.63, 3.8) is 0 Å². The number of rotatable bonds is 6. The Bertz CT molecular complexity index is 1210. The van der Waals surface area contributed by atoms with Crippen LogP contribution in [0.1, 0.15) is 11.3 Å². The molecule has 1 aromatic heterocycles. The van der Waals surface area contributed by atoms with Gasteiger partial charge in [-0.15, -0.1) is 11.3 Å². The third kappa shape index (κ3) is 4.88. The fourth-order valence-corrected chi connectivity index (χ4v) is 4.81. The minimum atomic E-state index is -0.0564. The number of thiazole rings is 1. The van der Waals surface area contributed by atoms with Crippen LogP contribution in [0.15, 0.2) is 72.1 Å². The van der Waals surface area contributed by atoms with E-state index in [0.29, 0.717) is 0 Å². The monoisotopic (exact) mass is 443 g/mol. The van der Waals surface area contributed by atoms with E-state index >= 15 is 0 Å². The smallest absolute Gasteiger partial charge is 0.230 e. The second kappa shape index (κ2) is 9.61. The van der Waals surface area contributed by atoms with Crippen molar-refractivity contribution in [2.45, 2.75) is 13.0 Å². The summed E-state index contributed by atoms with van der Waals surface area (Å²) in [6.07, 6.45) is 0.259. The highest BCUT2D eigenvalue weighted by molar-refractivity contribution is 7.13. The highest BCUT2D eigenvalue weighted by Crippen LogP contribution is 2.26. The molecule has 4 aromatic rings. The Kier molecular flexibility index (Phi) is 6.25. The second-order valence-corrected chi connectivity index (χ2v) is 8.84. The van der Waals surface area contributed by atoms with Crippen molar-refractivity contribution < 1.29 is 9.53 Å². The van der Waals surface area contributed by atoms with Gasteiger partial charge in [-0.3, -0.25) is 9.69 Å². The van der Waals surface area contributed by atoms with E-state index in [4.69, 9.17) is 9.72 Å². The van der Waals surface area contributed by atoms with Gasteiger partial charge in [-0.2, -0.15) is 0 Å². The molecule has 162 valence electrons. The maximum Gasteiger partial charge on any atom is 0.230 e. The summed E-state index contributed by atoms with van der Waals surface area (Å²) in [7, 11) is 0. The molecule has 0 radical (unpaired) electrons. The van der Waals surface area contributed by atoms with Crippen molar-refractivity contribution in [2.75, 3.05) is 31.6 Å². The number of hydrogen-bond donors (Lipinski definition) is 1. The minimum absolute atomic E-state index is 0.0564. The van der Waals surface area contributed by atoms with Gasteiger partial charge in [0.15, 0.2) is 0 Å². The molecule has 3 aromatic carbocycles. The fourth-order valence-electron chi connectivity index (χ4n) is 3.98. The lowest BCUT2D eigenvalue weighted by Gasteiger charge is -2.26. The predicted molar refractivity (Wildman–Crippen MR) is 130 cm³/mol. The molecule has 1 N–H and O–H groups in total. The van der Waals surface area contributed by atoms with Gasteiger partial charge >= 0.3 is 0 Å². The van der Waals surface area contributed by atoms with Gasteiger partial charge in [0.25, 0.3) is 0 Å². The summed E-state index contributed by atoms with van der Waals surface area (Å²) in [5.74, 6) is -0.0564. The summed E-state index contributed by atoms with van der Waals surface area (Å²) in [5.41, 5.74) is 4.00. The van der Waals surface area contributed by atoms with E-state index in [1.807, 2.05) is 47.8 Å². The largest absolute Gasteiger partial charge is 0.379 e. The zero-order chi connectivity index (χ0) is 21.8. The Morgan fingerprint density at radius 2 is 1.78 bits per heavy atom. The molecule has 0 spiro atoms. The topological polar surface area (TPSA) is 54.5 Å². The van der Waals surface area contributed by atoms with Crippen LogP contribution >= 0.6 is 11.3 Å². The van der Waals surface area contributed by atoms with Gasteiger partial charge in [0.2, 0.25) is 5.91 Å². The molecule has 5 nitrogen and oxygen atoms in total. The molecule has 1 fully saturated rings. The molecule has 1 saturated heterocycles. The molecule has 32 heavy (non-hydrogen) atoms. The van der Waals surface area contributed by atoms with Crippen LogP contribution in [0.2, 0.25) is 0 Å². The van der Waals surface area contributed by atoms with Gasteiger partial charge in [-0.05, 0) is 17.0 Å². The highest BCUT2D eigenvalue weighted by atomic mass is 32.1. The number of hydrogen-bond acceptors (Lipinski definition) is 5. The molecule has 0 unspecified atom stereocenters. The Morgan fingerprint density at radius 3 is 2.62 bits per heavy atom. The zero-order valence-electron chi connectivity index (χ0n) is 17.8. The predicted octanol–water partition coefficient (Wildman–Crippen LogP) is 4.98. The number of nitrogens with one attached hydrogen (secondary N) is 1. The van der Waals surface area contributed by atoms with Crippen LogP contribution in [0.4, 0.5) is 5.69 Å². The van der Waals surface area contributed by atoms with Crippen molar-refractivity contribution in [3.8, 4) is 10.6 Å². The maximum atomic E-state index is 12.6. The zero-order valence-corrected chi connectivity index (χ0v) is 18.6. The SMILES string of the molecule is O=C(Cc1csc(-c2ccc(CN3CCOCC3)cc2)n1)Nc1cccc2ccccc12. The van der Waals surface area contributed by atoms with Crippen LogP contribution in [-0.4, -0.2) is 42.1 Å². The Labute approximate surface area is 191 Å². The molecule has 1 aliphatic heterocycles. The summed E-state index contributed by atoms with van der Waals surface area (Å²) >= 11 is 1.58. The van der Waals surface area contributed by atoms with E-state index in [1.165, 1.54) is 5.56 Å². The summed E-state index contributed by atoms with van der Waals surface area (Å²) in [5, 5.41) is 8.10. The molecule has 1 amide bonds. The summed E-state index contributed by atoms with van der Waals surface area (Å²) in [4.78, 5) is 19.8.